The maximum Gasteiger partial charge on any atom is 0.246 e. The molecule has 1 unspecified atom stereocenters. The van der Waals surface area contributed by atoms with Crippen molar-refractivity contribution in [3.8, 4) is 0 Å². The summed E-state index contributed by atoms with van der Waals surface area (Å²) in [6.45, 7) is 8.99. The van der Waals surface area contributed by atoms with Crippen molar-refractivity contribution in [2.75, 3.05) is 13.1 Å². The van der Waals surface area contributed by atoms with Gasteiger partial charge in [0.1, 0.15) is 5.54 Å². The minimum atomic E-state index is -0.660. The lowest BCUT2D eigenvalue weighted by Gasteiger charge is -2.43. The Morgan fingerprint density at radius 3 is 2.59 bits per heavy atom. The van der Waals surface area contributed by atoms with Crippen molar-refractivity contribution in [1.29, 1.82) is 0 Å². The summed E-state index contributed by atoms with van der Waals surface area (Å²) < 4.78 is 0. The van der Waals surface area contributed by atoms with Gasteiger partial charge in [0.05, 0.1) is 6.54 Å². The third-order valence-electron chi connectivity index (χ3n) is 3.64. The SMILES string of the molecule is CCC1(C)C(=O)NCC(=O)N1CCCC(C)C. The van der Waals surface area contributed by atoms with Gasteiger partial charge in [-0.25, -0.2) is 0 Å². The molecule has 1 N–H and O–H groups in total. The van der Waals surface area contributed by atoms with Crippen LogP contribution in [-0.4, -0.2) is 35.3 Å². The lowest BCUT2D eigenvalue weighted by atomic mass is 9.92. The summed E-state index contributed by atoms with van der Waals surface area (Å²) in [7, 11) is 0. The molecule has 0 spiro atoms. The normalized spacial score (nSPS) is 25.4. The van der Waals surface area contributed by atoms with Crippen LogP contribution in [0, 0.1) is 5.92 Å². The van der Waals surface area contributed by atoms with Crippen molar-refractivity contribution in [3.63, 3.8) is 0 Å². The number of amides is 2. The molecule has 1 aliphatic heterocycles. The van der Waals surface area contributed by atoms with Gasteiger partial charge in [-0.2, -0.15) is 0 Å². The van der Waals surface area contributed by atoms with Crippen molar-refractivity contribution in [2.24, 2.45) is 5.92 Å². The summed E-state index contributed by atoms with van der Waals surface area (Å²) in [6, 6.07) is 0. The van der Waals surface area contributed by atoms with Crippen LogP contribution in [0.3, 0.4) is 0 Å². The van der Waals surface area contributed by atoms with Crippen LogP contribution in [0.5, 0.6) is 0 Å². The Morgan fingerprint density at radius 2 is 2.06 bits per heavy atom. The highest BCUT2D eigenvalue weighted by molar-refractivity contribution is 5.97. The van der Waals surface area contributed by atoms with Crippen LogP contribution in [0.2, 0.25) is 0 Å². The van der Waals surface area contributed by atoms with Gasteiger partial charge >= 0.3 is 0 Å². The highest BCUT2D eigenvalue weighted by atomic mass is 16.2. The molecule has 0 aromatic heterocycles. The average molecular weight is 240 g/mol. The monoisotopic (exact) mass is 240 g/mol. The van der Waals surface area contributed by atoms with E-state index in [1.807, 2.05) is 13.8 Å². The molecule has 2 amide bonds. The topological polar surface area (TPSA) is 49.4 Å². The van der Waals surface area contributed by atoms with Crippen LogP contribution in [-0.2, 0) is 9.59 Å². The van der Waals surface area contributed by atoms with Gasteiger partial charge in [0.25, 0.3) is 0 Å². The second kappa shape index (κ2) is 5.52. The van der Waals surface area contributed by atoms with E-state index in [9.17, 15) is 9.59 Å². The Kier molecular flexibility index (Phi) is 4.54. The number of nitrogens with zero attached hydrogens (tertiary/aromatic N) is 1. The first-order chi connectivity index (χ1) is 7.91. The minimum Gasteiger partial charge on any atom is -0.345 e. The third-order valence-corrected chi connectivity index (χ3v) is 3.64. The molecule has 0 aromatic carbocycles. The first-order valence-electron chi connectivity index (χ1n) is 6.50. The average Bonchev–Trinajstić information content (AvgIpc) is 2.28. The number of carbonyl (C=O) groups is 2. The van der Waals surface area contributed by atoms with Crippen molar-refractivity contribution in [3.05, 3.63) is 0 Å². The first-order valence-corrected chi connectivity index (χ1v) is 6.50. The highest BCUT2D eigenvalue weighted by Crippen LogP contribution is 2.23. The number of piperazine rings is 1. The van der Waals surface area contributed by atoms with E-state index in [-0.39, 0.29) is 18.4 Å². The number of hydrogen-bond donors (Lipinski definition) is 1. The Bertz CT molecular complexity index is 302. The molecular formula is C13H24N2O2. The van der Waals surface area contributed by atoms with Crippen LogP contribution in [0.4, 0.5) is 0 Å². The van der Waals surface area contributed by atoms with E-state index in [0.29, 0.717) is 18.9 Å². The predicted molar refractivity (Wildman–Crippen MR) is 67.5 cm³/mol. The van der Waals surface area contributed by atoms with Gasteiger partial charge in [-0.15, -0.1) is 0 Å². The van der Waals surface area contributed by atoms with E-state index in [2.05, 4.69) is 19.2 Å². The molecule has 4 heteroatoms. The smallest absolute Gasteiger partial charge is 0.246 e. The van der Waals surface area contributed by atoms with E-state index in [4.69, 9.17) is 0 Å². The van der Waals surface area contributed by atoms with E-state index in [1.165, 1.54) is 0 Å². The van der Waals surface area contributed by atoms with Crippen LogP contribution in [0.1, 0.15) is 47.0 Å². The minimum absolute atomic E-state index is 0.0239. The fourth-order valence-electron chi connectivity index (χ4n) is 2.22. The zero-order valence-electron chi connectivity index (χ0n) is 11.4. The fraction of sp³-hybridized carbons (Fsp3) is 0.846. The summed E-state index contributed by atoms with van der Waals surface area (Å²) in [6.07, 6.45) is 2.71. The van der Waals surface area contributed by atoms with E-state index < -0.39 is 5.54 Å². The molecule has 0 aromatic rings. The molecule has 1 fully saturated rings. The zero-order valence-corrected chi connectivity index (χ0v) is 11.4. The van der Waals surface area contributed by atoms with Crippen LogP contribution in [0.25, 0.3) is 0 Å². The maximum absolute atomic E-state index is 11.9. The number of rotatable bonds is 5. The van der Waals surface area contributed by atoms with E-state index in [1.54, 1.807) is 4.90 Å². The molecule has 1 heterocycles. The molecule has 1 aliphatic rings. The predicted octanol–water partition coefficient (Wildman–Crippen LogP) is 1.55. The van der Waals surface area contributed by atoms with Gasteiger partial charge in [0.2, 0.25) is 11.8 Å². The Balaban J connectivity index is 2.69. The van der Waals surface area contributed by atoms with Gasteiger partial charge in [-0.3, -0.25) is 9.59 Å². The second-order valence-electron chi connectivity index (χ2n) is 5.39. The van der Waals surface area contributed by atoms with Crippen molar-refractivity contribution < 1.29 is 9.59 Å². The Hall–Kier alpha value is -1.06. The molecule has 4 nitrogen and oxygen atoms in total. The summed E-state index contributed by atoms with van der Waals surface area (Å²) >= 11 is 0. The lowest BCUT2D eigenvalue weighted by molar-refractivity contribution is -0.153. The van der Waals surface area contributed by atoms with Crippen LogP contribution < -0.4 is 5.32 Å². The highest BCUT2D eigenvalue weighted by Gasteiger charge is 2.43. The van der Waals surface area contributed by atoms with Gasteiger partial charge in [0.15, 0.2) is 0 Å². The molecule has 1 rings (SSSR count). The van der Waals surface area contributed by atoms with Crippen molar-refractivity contribution in [1.82, 2.24) is 10.2 Å². The van der Waals surface area contributed by atoms with Gasteiger partial charge in [0, 0.05) is 6.54 Å². The summed E-state index contributed by atoms with van der Waals surface area (Å²) in [5.74, 6) is 0.651. The standard InChI is InChI=1S/C13H24N2O2/c1-5-13(4)12(17)14-9-11(16)15(13)8-6-7-10(2)3/h10H,5-9H2,1-4H3,(H,14,17). The van der Waals surface area contributed by atoms with Crippen molar-refractivity contribution >= 4 is 11.8 Å². The van der Waals surface area contributed by atoms with E-state index >= 15 is 0 Å². The lowest BCUT2D eigenvalue weighted by Crippen LogP contribution is -2.65. The Labute approximate surface area is 104 Å². The third kappa shape index (κ3) is 2.99. The number of carbonyl (C=O) groups excluding carboxylic acids is 2. The maximum atomic E-state index is 11.9. The number of nitrogens with one attached hydrogen (secondary N) is 1. The molecule has 1 atom stereocenters. The molecule has 0 saturated carbocycles. The summed E-state index contributed by atoms with van der Waals surface area (Å²) in [4.78, 5) is 25.6. The van der Waals surface area contributed by atoms with Crippen LogP contribution >= 0.6 is 0 Å². The zero-order chi connectivity index (χ0) is 13.1. The van der Waals surface area contributed by atoms with Crippen LogP contribution in [0.15, 0.2) is 0 Å². The number of hydrogen-bond acceptors (Lipinski definition) is 2. The molecule has 17 heavy (non-hydrogen) atoms. The quantitative estimate of drug-likeness (QED) is 0.792. The molecule has 98 valence electrons. The van der Waals surface area contributed by atoms with Gasteiger partial charge in [-0.1, -0.05) is 20.8 Å². The molecule has 0 aliphatic carbocycles. The molecule has 0 radical (unpaired) electrons. The Morgan fingerprint density at radius 1 is 1.41 bits per heavy atom. The summed E-state index contributed by atoms with van der Waals surface area (Å²) in [5.41, 5.74) is -0.660. The first kappa shape index (κ1) is 14.0. The van der Waals surface area contributed by atoms with E-state index in [0.717, 1.165) is 12.8 Å². The fourth-order valence-corrected chi connectivity index (χ4v) is 2.22. The molecular weight excluding hydrogens is 216 g/mol. The molecule has 0 bridgehead atoms. The second-order valence-corrected chi connectivity index (χ2v) is 5.39. The van der Waals surface area contributed by atoms with Crippen molar-refractivity contribution in [2.45, 2.75) is 52.5 Å². The van der Waals surface area contributed by atoms with Gasteiger partial charge in [-0.05, 0) is 32.1 Å². The van der Waals surface area contributed by atoms with Gasteiger partial charge < -0.3 is 10.2 Å². The molecule has 1 saturated heterocycles. The summed E-state index contributed by atoms with van der Waals surface area (Å²) in [5, 5.41) is 2.67. The largest absolute Gasteiger partial charge is 0.345 e.